The number of nitro groups is 1. The van der Waals surface area contributed by atoms with Crippen molar-refractivity contribution < 1.29 is 14.5 Å². The fraction of sp³-hybridized carbons (Fsp3) is 0.250. The van der Waals surface area contributed by atoms with Gasteiger partial charge >= 0.3 is 0 Å². The van der Waals surface area contributed by atoms with Crippen LogP contribution in [0.25, 0.3) is 0 Å². The number of benzene rings is 1. The molecule has 2 aromatic rings. The fourth-order valence-electron chi connectivity index (χ4n) is 2.23. The van der Waals surface area contributed by atoms with Gasteiger partial charge in [0.15, 0.2) is 0 Å². The molecule has 130 valence electrons. The molecule has 1 fully saturated rings. The predicted molar refractivity (Wildman–Crippen MR) is 97.6 cm³/mol. The van der Waals surface area contributed by atoms with Gasteiger partial charge in [-0.3, -0.25) is 19.7 Å². The number of amides is 2. The molecule has 0 spiro atoms. The SMILES string of the molecule is CSc1ccc([N+](=O)[O-])c(C(=O)Nc2sccc2C(=O)NC2CC2)c1. The van der Waals surface area contributed by atoms with E-state index in [1.165, 1.54) is 35.2 Å². The number of carbonyl (C=O) groups is 2. The molecular weight excluding hydrogens is 362 g/mol. The Kier molecular flexibility index (Phi) is 5.05. The Hall–Kier alpha value is -2.39. The Morgan fingerprint density at radius 2 is 2.00 bits per heavy atom. The highest BCUT2D eigenvalue weighted by atomic mass is 32.2. The average molecular weight is 377 g/mol. The Balaban J connectivity index is 1.84. The number of thioether (sulfide) groups is 1. The lowest BCUT2D eigenvalue weighted by Crippen LogP contribution is -2.26. The maximum absolute atomic E-state index is 12.6. The standard InChI is InChI=1S/C16H15N3O4S2/c1-24-10-4-5-13(19(22)23)12(8-10)15(21)18-16-11(6-7-25-16)14(20)17-9-2-3-9/h4-9H,2-3H2,1H3,(H,17,20)(H,18,21). The summed E-state index contributed by atoms with van der Waals surface area (Å²) in [6.07, 6.45) is 3.75. The normalized spacial score (nSPS) is 13.3. The highest BCUT2D eigenvalue weighted by Crippen LogP contribution is 2.29. The van der Waals surface area contributed by atoms with Crippen molar-refractivity contribution in [2.75, 3.05) is 11.6 Å². The van der Waals surface area contributed by atoms with Crippen molar-refractivity contribution in [1.82, 2.24) is 5.32 Å². The van der Waals surface area contributed by atoms with E-state index in [4.69, 9.17) is 0 Å². The van der Waals surface area contributed by atoms with E-state index < -0.39 is 10.8 Å². The summed E-state index contributed by atoms with van der Waals surface area (Å²) in [5, 5.41) is 18.8. The van der Waals surface area contributed by atoms with Crippen molar-refractivity contribution in [3.63, 3.8) is 0 Å². The van der Waals surface area contributed by atoms with Gasteiger partial charge in [-0.2, -0.15) is 0 Å². The minimum Gasteiger partial charge on any atom is -0.349 e. The molecule has 1 aliphatic rings. The minimum absolute atomic E-state index is 0.0289. The smallest absolute Gasteiger partial charge is 0.282 e. The number of anilines is 1. The first-order valence-electron chi connectivity index (χ1n) is 7.51. The van der Waals surface area contributed by atoms with Crippen LogP contribution < -0.4 is 10.6 Å². The third-order valence-electron chi connectivity index (χ3n) is 3.69. The Bertz CT molecular complexity index is 846. The van der Waals surface area contributed by atoms with Crippen LogP contribution in [-0.2, 0) is 0 Å². The molecule has 1 aliphatic carbocycles. The Morgan fingerprint density at radius 3 is 2.64 bits per heavy atom. The molecule has 2 N–H and O–H groups in total. The van der Waals surface area contributed by atoms with Crippen molar-refractivity contribution in [3.8, 4) is 0 Å². The highest BCUT2D eigenvalue weighted by molar-refractivity contribution is 7.98. The van der Waals surface area contributed by atoms with Gasteiger partial charge < -0.3 is 10.6 Å². The molecule has 0 saturated heterocycles. The van der Waals surface area contributed by atoms with E-state index in [0.717, 1.165) is 17.7 Å². The second kappa shape index (κ2) is 7.24. The summed E-state index contributed by atoms with van der Waals surface area (Å²) < 4.78 is 0. The topological polar surface area (TPSA) is 101 Å². The second-order valence-corrected chi connectivity index (χ2v) is 7.30. The first kappa shape index (κ1) is 17.4. The number of rotatable bonds is 6. The molecule has 25 heavy (non-hydrogen) atoms. The summed E-state index contributed by atoms with van der Waals surface area (Å²) in [5.41, 5.74) is 0.0727. The molecule has 0 bridgehead atoms. The zero-order valence-corrected chi connectivity index (χ0v) is 14.9. The van der Waals surface area contributed by atoms with Crippen molar-refractivity contribution in [1.29, 1.82) is 0 Å². The van der Waals surface area contributed by atoms with Crippen molar-refractivity contribution in [2.24, 2.45) is 0 Å². The van der Waals surface area contributed by atoms with Gasteiger partial charge in [-0.05, 0) is 42.7 Å². The predicted octanol–water partition coefficient (Wildman–Crippen LogP) is 3.52. The summed E-state index contributed by atoms with van der Waals surface area (Å²) in [4.78, 5) is 36.1. The van der Waals surface area contributed by atoms with Crippen molar-refractivity contribution >= 4 is 45.6 Å². The maximum Gasteiger partial charge on any atom is 0.282 e. The summed E-state index contributed by atoms with van der Waals surface area (Å²) in [6, 6.07) is 6.23. The molecule has 7 nitrogen and oxygen atoms in total. The molecule has 1 aromatic carbocycles. The van der Waals surface area contributed by atoms with Crippen LogP contribution in [0.2, 0.25) is 0 Å². The quantitative estimate of drug-likeness (QED) is 0.456. The van der Waals surface area contributed by atoms with Crippen molar-refractivity contribution in [3.05, 3.63) is 50.9 Å². The zero-order chi connectivity index (χ0) is 18.0. The number of thiophene rings is 1. The number of nitro benzene ring substituents is 1. The molecule has 3 rings (SSSR count). The third-order valence-corrected chi connectivity index (χ3v) is 5.25. The lowest BCUT2D eigenvalue weighted by Gasteiger charge is -2.08. The van der Waals surface area contributed by atoms with E-state index in [1.54, 1.807) is 17.5 Å². The monoisotopic (exact) mass is 377 g/mol. The number of hydrogen-bond acceptors (Lipinski definition) is 6. The van der Waals surface area contributed by atoms with Gasteiger partial charge in [-0.1, -0.05) is 0 Å². The molecule has 9 heteroatoms. The van der Waals surface area contributed by atoms with Gasteiger partial charge in [-0.25, -0.2) is 0 Å². The van der Waals surface area contributed by atoms with Gasteiger partial charge in [0.2, 0.25) is 0 Å². The van der Waals surface area contributed by atoms with Crippen LogP contribution in [0, 0.1) is 10.1 Å². The van der Waals surface area contributed by atoms with E-state index in [-0.39, 0.29) is 23.2 Å². The summed E-state index contributed by atoms with van der Waals surface area (Å²) >= 11 is 2.59. The van der Waals surface area contributed by atoms with Crippen LogP contribution in [0.15, 0.2) is 34.5 Å². The Labute approximate surface area is 152 Å². The largest absolute Gasteiger partial charge is 0.349 e. The van der Waals surface area contributed by atoms with E-state index in [2.05, 4.69) is 10.6 Å². The van der Waals surface area contributed by atoms with E-state index >= 15 is 0 Å². The van der Waals surface area contributed by atoms with Crippen LogP contribution in [0.1, 0.15) is 33.6 Å². The summed E-state index contributed by atoms with van der Waals surface area (Å²) in [7, 11) is 0. The van der Waals surface area contributed by atoms with Gasteiger partial charge in [0.25, 0.3) is 17.5 Å². The van der Waals surface area contributed by atoms with Gasteiger partial charge in [-0.15, -0.1) is 23.1 Å². The summed E-state index contributed by atoms with van der Waals surface area (Å²) in [5.74, 6) is -0.850. The molecule has 0 unspecified atom stereocenters. The Morgan fingerprint density at radius 1 is 1.24 bits per heavy atom. The number of hydrogen-bond donors (Lipinski definition) is 2. The molecule has 1 saturated carbocycles. The maximum atomic E-state index is 12.6. The first-order valence-corrected chi connectivity index (χ1v) is 9.62. The lowest BCUT2D eigenvalue weighted by molar-refractivity contribution is -0.385. The summed E-state index contributed by atoms with van der Waals surface area (Å²) in [6.45, 7) is 0. The molecule has 0 aliphatic heterocycles. The zero-order valence-electron chi connectivity index (χ0n) is 13.3. The van der Waals surface area contributed by atoms with Crippen LogP contribution in [-0.4, -0.2) is 29.0 Å². The minimum atomic E-state index is -0.606. The first-order chi connectivity index (χ1) is 12.0. The van der Waals surface area contributed by atoms with E-state index in [0.29, 0.717) is 10.6 Å². The fourth-order valence-corrected chi connectivity index (χ4v) is 3.45. The van der Waals surface area contributed by atoms with Gasteiger partial charge in [0.1, 0.15) is 10.6 Å². The van der Waals surface area contributed by atoms with Crippen LogP contribution in [0.5, 0.6) is 0 Å². The van der Waals surface area contributed by atoms with Crippen LogP contribution in [0.3, 0.4) is 0 Å². The number of carbonyl (C=O) groups excluding carboxylic acids is 2. The number of nitrogens with zero attached hydrogens (tertiary/aromatic N) is 1. The highest BCUT2D eigenvalue weighted by Gasteiger charge is 2.26. The molecule has 0 atom stereocenters. The third kappa shape index (κ3) is 3.99. The van der Waals surface area contributed by atoms with E-state index in [9.17, 15) is 19.7 Å². The second-order valence-electron chi connectivity index (χ2n) is 5.51. The van der Waals surface area contributed by atoms with Crippen LogP contribution >= 0.6 is 23.1 Å². The van der Waals surface area contributed by atoms with Crippen LogP contribution in [0.4, 0.5) is 10.7 Å². The van der Waals surface area contributed by atoms with Gasteiger partial charge in [0, 0.05) is 17.0 Å². The molecule has 1 aromatic heterocycles. The lowest BCUT2D eigenvalue weighted by atomic mass is 10.1. The van der Waals surface area contributed by atoms with Gasteiger partial charge in [0.05, 0.1) is 10.5 Å². The number of nitrogens with one attached hydrogen (secondary N) is 2. The van der Waals surface area contributed by atoms with Crippen molar-refractivity contribution in [2.45, 2.75) is 23.8 Å². The average Bonchev–Trinajstić information content (AvgIpc) is 3.29. The molecule has 2 amide bonds. The molecule has 0 radical (unpaired) electrons. The molecular formula is C16H15N3O4S2. The van der Waals surface area contributed by atoms with E-state index in [1.807, 2.05) is 6.26 Å². The molecule has 1 heterocycles.